The highest BCUT2D eigenvalue weighted by atomic mass is 32.2. The lowest BCUT2D eigenvalue weighted by atomic mass is 10.2. The summed E-state index contributed by atoms with van der Waals surface area (Å²) < 4.78 is 0. The maximum Gasteiger partial charge on any atom is 0.232 e. The highest BCUT2D eigenvalue weighted by Gasteiger charge is 2.10. The van der Waals surface area contributed by atoms with Gasteiger partial charge in [0, 0.05) is 18.0 Å². The van der Waals surface area contributed by atoms with Crippen LogP contribution in [-0.2, 0) is 4.79 Å². The number of nitrogens with zero attached hydrogens (tertiary/aromatic N) is 1. The summed E-state index contributed by atoms with van der Waals surface area (Å²) in [4.78, 5) is 14.9. The molecule has 0 saturated carbocycles. The van der Waals surface area contributed by atoms with Crippen molar-refractivity contribution in [1.29, 1.82) is 0 Å². The molecular weight excluding hydrogens is 218 g/mol. The number of hydrogen-bond donors (Lipinski definition) is 0. The molecule has 0 unspecified atom stereocenters. The highest BCUT2D eigenvalue weighted by molar-refractivity contribution is 8.00. The summed E-state index contributed by atoms with van der Waals surface area (Å²) >= 11 is 1.62. The molecule has 0 radical (unpaired) electrons. The van der Waals surface area contributed by atoms with Gasteiger partial charge in [-0.2, -0.15) is 0 Å². The molecule has 3 heteroatoms. The molecule has 0 fully saturated rings. The van der Waals surface area contributed by atoms with Crippen LogP contribution < -0.4 is 0 Å². The molecule has 1 amide bonds. The Bertz CT molecular complexity index is 348. The molecule has 0 heterocycles. The molecule has 0 aliphatic carbocycles. The largest absolute Gasteiger partial charge is 0.343 e. The van der Waals surface area contributed by atoms with Crippen molar-refractivity contribution < 1.29 is 4.79 Å². The lowest BCUT2D eigenvalue weighted by molar-refractivity contribution is -0.127. The van der Waals surface area contributed by atoms with E-state index < -0.39 is 0 Å². The van der Waals surface area contributed by atoms with Gasteiger partial charge in [0.25, 0.3) is 0 Å². The monoisotopic (exact) mass is 237 g/mol. The summed E-state index contributed by atoms with van der Waals surface area (Å²) in [6.45, 7) is 7.69. The molecule has 0 aliphatic heterocycles. The van der Waals surface area contributed by atoms with Gasteiger partial charge in [0.15, 0.2) is 0 Å². The van der Waals surface area contributed by atoms with Crippen LogP contribution in [0.1, 0.15) is 19.4 Å². The first-order chi connectivity index (χ1) is 7.69. The van der Waals surface area contributed by atoms with Crippen LogP contribution in [0.5, 0.6) is 0 Å². The normalized spacial score (nSPS) is 10.2. The van der Waals surface area contributed by atoms with Crippen LogP contribution in [0.15, 0.2) is 29.2 Å². The van der Waals surface area contributed by atoms with Crippen LogP contribution in [0.4, 0.5) is 0 Å². The van der Waals surface area contributed by atoms with Gasteiger partial charge < -0.3 is 4.90 Å². The third kappa shape index (κ3) is 3.56. The standard InChI is InChI=1S/C13H19NOS/c1-4-14(5-2)13(15)10-16-12-9-7-6-8-11(12)3/h6-9H,4-5,10H2,1-3H3. The van der Waals surface area contributed by atoms with Gasteiger partial charge in [-0.05, 0) is 32.4 Å². The second-order valence-corrected chi connectivity index (χ2v) is 4.64. The van der Waals surface area contributed by atoms with E-state index in [2.05, 4.69) is 19.1 Å². The minimum atomic E-state index is 0.221. The quantitative estimate of drug-likeness (QED) is 0.734. The van der Waals surface area contributed by atoms with E-state index in [0.717, 1.165) is 13.1 Å². The van der Waals surface area contributed by atoms with Crippen molar-refractivity contribution in [3.8, 4) is 0 Å². The number of hydrogen-bond acceptors (Lipinski definition) is 2. The van der Waals surface area contributed by atoms with E-state index in [1.807, 2.05) is 30.9 Å². The number of rotatable bonds is 5. The van der Waals surface area contributed by atoms with E-state index >= 15 is 0 Å². The molecule has 0 saturated heterocycles. The molecule has 0 spiro atoms. The lowest BCUT2D eigenvalue weighted by Crippen LogP contribution is -2.31. The number of benzene rings is 1. The molecule has 0 atom stereocenters. The van der Waals surface area contributed by atoms with Crippen LogP contribution in [0, 0.1) is 6.92 Å². The van der Waals surface area contributed by atoms with Crippen molar-refractivity contribution >= 4 is 17.7 Å². The lowest BCUT2D eigenvalue weighted by Gasteiger charge is -2.18. The van der Waals surface area contributed by atoms with Gasteiger partial charge in [0.1, 0.15) is 0 Å². The highest BCUT2D eigenvalue weighted by Crippen LogP contribution is 2.21. The number of thioether (sulfide) groups is 1. The van der Waals surface area contributed by atoms with Crippen molar-refractivity contribution in [3.05, 3.63) is 29.8 Å². The SMILES string of the molecule is CCN(CC)C(=O)CSc1ccccc1C. The van der Waals surface area contributed by atoms with Crippen molar-refractivity contribution in [3.63, 3.8) is 0 Å². The minimum absolute atomic E-state index is 0.221. The fourth-order valence-corrected chi connectivity index (χ4v) is 2.46. The zero-order valence-electron chi connectivity index (χ0n) is 10.2. The average molecular weight is 237 g/mol. The predicted octanol–water partition coefficient (Wildman–Crippen LogP) is 2.96. The van der Waals surface area contributed by atoms with E-state index in [4.69, 9.17) is 0 Å². The zero-order valence-corrected chi connectivity index (χ0v) is 11.0. The third-order valence-electron chi connectivity index (χ3n) is 2.56. The van der Waals surface area contributed by atoms with Crippen molar-refractivity contribution in [2.24, 2.45) is 0 Å². The topological polar surface area (TPSA) is 20.3 Å². The van der Waals surface area contributed by atoms with E-state index in [1.165, 1.54) is 10.5 Å². The smallest absolute Gasteiger partial charge is 0.232 e. The zero-order chi connectivity index (χ0) is 12.0. The fourth-order valence-electron chi connectivity index (χ4n) is 1.53. The van der Waals surface area contributed by atoms with Gasteiger partial charge in [-0.25, -0.2) is 0 Å². The van der Waals surface area contributed by atoms with Gasteiger partial charge in [-0.1, -0.05) is 18.2 Å². The second kappa shape index (κ2) is 6.59. The predicted molar refractivity (Wildman–Crippen MR) is 69.8 cm³/mol. The van der Waals surface area contributed by atoms with Gasteiger partial charge in [0.2, 0.25) is 5.91 Å². The first-order valence-corrected chi connectivity index (χ1v) is 6.63. The molecule has 0 aliphatic rings. The molecule has 0 N–H and O–H groups in total. The Morgan fingerprint density at radius 2 is 1.88 bits per heavy atom. The maximum atomic E-state index is 11.8. The molecule has 88 valence electrons. The molecule has 1 aromatic carbocycles. The Labute approximate surface area is 102 Å². The van der Waals surface area contributed by atoms with Crippen molar-refractivity contribution in [1.82, 2.24) is 4.90 Å². The second-order valence-electron chi connectivity index (χ2n) is 3.62. The summed E-state index contributed by atoms with van der Waals surface area (Å²) in [5, 5.41) is 0. The summed E-state index contributed by atoms with van der Waals surface area (Å²) in [7, 11) is 0. The number of carbonyl (C=O) groups is 1. The fraction of sp³-hybridized carbons (Fsp3) is 0.462. The molecule has 0 aromatic heterocycles. The van der Waals surface area contributed by atoms with Crippen molar-refractivity contribution in [2.75, 3.05) is 18.8 Å². The van der Waals surface area contributed by atoms with Gasteiger partial charge >= 0.3 is 0 Å². The minimum Gasteiger partial charge on any atom is -0.343 e. The van der Waals surface area contributed by atoms with Crippen LogP contribution in [0.2, 0.25) is 0 Å². The summed E-state index contributed by atoms with van der Waals surface area (Å²) in [6, 6.07) is 8.17. The van der Waals surface area contributed by atoms with Crippen molar-refractivity contribution in [2.45, 2.75) is 25.7 Å². The van der Waals surface area contributed by atoms with Crippen LogP contribution in [0.3, 0.4) is 0 Å². The van der Waals surface area contributed by atoms with E-state index in [0.29, 0.717) is 5.75 Å². The van der Waals surface area contributed by atoms with Gasteiger partial charge in [-0.3, -0.25) is 4.79 Å². The van der Waals surface area contributed by atoms with E-state index in [-0.39, 0.29) is 5.91 Å². The molecule has 0 bridgehead atoms. The number of carbonyl (C=O) groups excluding carboxylic acids is 1. The van der Waals surface area contributed by atoms with Crippen LogP contribution >= 0.6 is 11.8 Å². The Morgan fingerprint density at radius 3 is 2.44 bits per heavy atom. The van der Waals surface area contributed by atoms with E-state index in [1.54, 1.807) is 11.8 Å². The molecule has 2 nitrogen and oxygen atoms in total. The van der Waals surface area contributed by atoms with Crippen LogP contribution in [0.25, 0.3) is 0 Å². The van der Waals surface area contributed by atoms with Crippen LogP contribution in [-0.4, -0.2) is 29.6 Å². The molecular formula is C13H19NOS. The molecule has 1 aromatic rings. The Kier molecular flexibility index (Phi) is 5.39. The summed E-state index contributed by atoms with van der Waals surface area (Å²) in [5.74, 6) is 0.755. The summed E-state index contributed by atoms with van der Waals surface area (Å²) in [6.07, 6.45) is 0. The Morgan fingerprint density at radius 1 is 1.25 bits per heavy atom. The number of aryl methyl sites for hydroxylation is 1. The molecule has 16 heavy (non-hydrogen) atoms. The third-order valence-corrected chi connectivity index (χ3v) is 3.72. The average Bonchev–Trinajstić information content (AvgIpc) is 2.29. The summed E-state index contributed by atoms with van der Waals surface area (Å²) in [5.41, 5.74) is 1.24. The Hall–Kier alpha value is -0.960. The van der Waals surface area contributed by atoms with E-state index in [9.17, 15) is 4.79 Å². The Balaban J connectivity index is 2.52. The first-order valence-electron chi connectivity index (χ1n) is 5.65. The molecule has 1 rings (SSSR count). The first kappa shape index (κ1) is 13.1. The number of amides is 1. The van der Waals surface area contributed by atoms with Gasteiger partial charge in [-0.15, -0.1) is 11.8 Å². The maximum absolute atomic E-state index is 11.8. The van der Waals surface area contributed by atoms with Gasteiger partial charge in [0.05, 0.1) is 5.75 Å².